The first-order valence-corrected chi connectivity index (χ1v) is 6.99. The lowest BCUT2D eigenvalue weighted by molar-refractivity contribution is -0.116. The molecule has 0 aliphatic carbocycles. The molecule has 0 unspecified atom stereocenters. The number of imidazole rings is 1. The number of amides is 1. The summed E-state index contributed by atoms with van der Waals surface area (Å²) in [5, 5.41) is 1.86. The molecule has 2 rings (SSSR count). The Morgan fingerprint density at radius 2 is 2.42 bits per heavy atom. The van der Waals surface area contributed by atoms with E-state index in [2.05, 4.69) is 11.9 Å². The molecule has 2 heterocycles. The topological polar surface area (TPSA) is 80.7 Å². The lowest BCUT2D eigenvalue weighted by Gasteiger charge is -2.20. The van der Waals surface area contributed by atoms with Crippen LogP contribution in [0.2, 0.25) is 0 Å². The van der Waals surface area contributed by atoms with E-state index in [0.29, 0.717) is 18.1 Å². The lowest BCUT2D eigenvalue weighted by Crippen LogP contribution is -2.35. The highest BCUT2D eigenvalue weighted by Crippen LogP contribution is 2.23. The molecule has 19 heavy (non-hydrogen) atoms. The monoisotopic (exact) mass is 280 g/mol. The minimum Gasteiger partial charge on any atom is -0.368 e. The van der Waals surface area contributed by atoms with Gasteiger partial charge in [0, 0.05) is 18.1 Å². The van der Waals surface area contributed by atoms with Crippen LogP contribution in [0.3, 0.4) is 0 Å². The number of nitrogens with two attached hydrogens (primary N) is 1. The summed E-state index contributed by atoms with van der Waals surface area (Å²) in [7, 11) is 0. The molecule has 0 aliphatic heterocycles. The number of rotatable bonds is 7. The summed E-state index contributed by atoms with van der Waals surface area (Å²) in [5.74, 6) is 0.110. The van der Waals surface area contributed by atoms with E-state index >= 15 is 0 Å². The van der Waals surface area contributed by atoms with Gasteiger partial charge in [0.15, 0.2) is 17.1 Å². The van der Waals surface area contributed by atoms with E-state index in [4.69, 9.17) is 5.73 Å². The van der Waals surface area contributed by atoms with E-state index in [0.717, 1.165) is 24.1 Å². The second-order valence-electron chi connectivity index (χ2n) is 4.24. The molecular weight excluding hydrogens is 264 g/mol. The smallest absolute Gasteiger partial charge is 0.236 e. The van der Waals surface area contributed by atoms with E-state index in [1.807, 2.05) is 5.38 Å². The lowest BCUT2D eigenvalue weighted by atomic mass is 10.3. The number of nitrogens with zero attached hydrogens (tertiary/aromatic N) is 3. The zero-order valence-corrected chi connectivity index (χ0v) is 11.5. The van der Waals surface area contributed by atoms with Gasteiger partial charge < -0.3 is 10.6 Å². The van der Waals surface area contributed by atoms with Gasteiger partial charge in [-0.3, -0.25) is 14.0 Å². The summed E-state index contributed by atoms with van der Waals surface area (Å²) in [6.45, 7) is 2.80. The van der Waals surface area contributed by atoms with Crippen molar-refractivity contribution in [3.05, 3.63) is 17.3 Å². The Morgan fingerprint density at radius 3 is 3.05 bits per heavy atom. The summed E-state index contributed by atoms with van der Waals surface area (Å²) in [4.78, 5) is 29.4. The van der Waals surface area contributed by atoms with Gasteiger partial charge in [0.05, 0.1) is 6.54 Å². The summed E-state index contributed by atoms with van der Waals surface area (Å²) in [5.41, 5.74) is 5.73. The van der Waals surface area contributed by atoms with Crippen LogP contribution in [-0.2, 0) is 4.79 Å². The van der Waals surface area contributed by atoms with Gasteiger partial charge in [-0.15, -0.1) is 11.3 Å². The molecule has 0 aromatic carbocycles. The van der Waals surface area contributed by atoms with Gasteiger partial charge in [-0.1, -0.05) is 13.3 Å². The van der Waals surface area contributed by atoms with Gasteiger partial charge >= 0.3 is 0 Å². The zero-order valence-electron chi connectivity index (χ0n) is 10.7. The van der Waals surface area contributed by atoms with Crippen molar-refractivity contribution in [1.29, 1.82) is 0 Å². The number of carbonyl (C=O) groups is 2. The maximum Gasteiger partial charge on any atom is 0.236 e. The van der Waals surface area contributed by atoms with Gasteiger partial charge in [0.1, 0.15) is 5.69 Å². The predicted octanol–water partition coefficient (Wildman–Crippen LogP) is 1.30. The number of primary amides is 1. The number of aromatic nitrogens is 2. The first-order chi connectivity index (χ1) is 9.17. The van der Waals surface area contributed by atoms with Crippen molar-refractivity contribution in [2.24, 2.45) is 5.73 Å². The number of fused-ring (bicyclic) bond motifs is 1. The Balaban J connectivity index is 2.38. The SMILES string of the molecule is CCCCN(CC(N)=O)c1nc2sccn2c1C=O. The number of hydrogen-bond acceptors (Lipinski definition) is 5. The molecule has 2 aromatic heterocycles. The van der Waals surface area contributed by atoms with E-state index < -0.39 is 5.91 Å². The number of aldehydes is 1. The van der Waals surface area contributed by atoms with Gasteiger partial charge in [0.2, 0.25) is 5.91 Å². The third-order valence-corrected chi connectivity index (χ3v) is 3.58. The van der Waals surface area contributed by atoms with Crippen LogP contribution in [0.15, 0.2) is 11.6 Å². The fraction of sp³-hybridized carbons (Fsp3) is 0.417. The molecule has 7 heteroatoms. The Morgan fingerprint density at radius 1 is 1.63 bits per heavy atom. The molecular formula is C12H16N4O2S. The second kappa shape index (κ2) is 5.83. The first-order valence-electron chi connectivity index (χ1n) is 6.11. The van der Waals surface area contributed by atoms with E-state index in [9.17, 15) is 9.59 Å². The molecule has 1 amide bonds. The molecule has 0 radical (unpaired) electrons. The molecule has 0 bridgehead atoms. The molecule has 2 N–H and O–H groups in total. The van der Waals surface area contributed by atoms with Gasteiger partial charge in [-0.2, -0.15) is 0 Å². The van der Waals surface area contributed by atoms with Crippen LogP contribution in [0.4, 0.5) is 5.82 Å². The van der Waals surface area contributed by atoms with Crippen molar-refractivity contribution in [2.45, 2.75) is 19.8 Å². The molecule has 0 saturated heterocycles. The molecule has 2 aromatic rings. The summed E-state index contributed by atoms with van der Waals surface area (Å²) >= 11 is 1.45. The third kappa shape index (κ3) is 2.76. The Hall–Kier alpha value is -1.89. The van der Waals surface area contributed by atoms with Crippen molar-refractivity contribution < 1.29 is 9.59 Å². The Bertz CT molecular complexity index is 590. The van der Waals surface area contributed by atoms with E-state index in [1.165, 1.54) is 11.3 Å². The number of carbonyl (C=O) groups excluding carboxylic acids is 2. The maximum absolute atomic E-state index is 11.3. The quantitative estimate of drug-likeness (QED) is 0.775. The molecule has 0 aliphatic rings. The molecule has 0 spiro atoms. The minimum absolute atomic E-state index is 0.0751. The normalized spacial score (nSPS) is 10.8. The summed E-state index contributed by atoms with van der Waals surface area (Å²) in [6.07, 6.45) is 4.47. The van der Waals surface area contributed by atoms with Crippen molar-refractivity contribution in [3.63, 3.8) is 0 Å². The van der Waals surface area contributed by atoms with Crippen molar-refractivity contribution >= 4 is 34.3 Å². The number of hydrogen-bond donors (Lipinski definition) is 1. The van der Waals surface area contributed by atoms with Crippen molar-refractivity contribution in [1.82, 2.24) is 9.38 Å². The Kier molecular flexibility index (Phi) is 4.16. The van der Waals surface area contributed by atoms with Crippen LogP contribution in [0.5, 0.6) is 0 Å². The molecule has 102 valence electrons. The molecule has 0 saturated carbocycles. The molecule has 6 nitrogen and oxygen atoms in total. The van der Waals surface area contributed by atoms with Crippen LogP contribution >= 0.6 is 11.3 Å². The number of thiazole rings is 1. The van der Waals surface area contributed by atoms with Crippen molar-refractivity contribution in [2.75, 3.05) is 18.0 Å². The maximum atomic E-state index is 11.3. The highest BCUT2D eigenvalue weighted by atomic mass is 32.1. The average molecular weight is 280 g/mol. The largest absolute Gasteiger partial charge is 0.368 e. The van der Waals surface area contributed by atoms with Crippen LogP contribution in [0.1, 0.15) is 30.3 Å². The fourth-order valence-corrected chi connectivity index (χ4v) is 2.65. The fourth-order valence-electron chi connectivity index (χ4n) is 1.93. The van der Waals surface area contributed by atoms with Gasteiger partial charge in [-0.25, -0.2) is 4.98 Å². The highest BCUT2D eigenvalue weighted by Gasteiger charge is 2.19. The van der Waals surface area contributed by atoms with Crippen LogP contribution < -0.4 is 10.6 Å². The summed E-state index contributed by atoms with van der Waals surface area (Å²) < 4.78 is 1.73. The number of anilines is 1. The average Bonchev–Trinajstić information content (AvgIpc) is 2.93. The van der Waals surface area contributed by atoms with E-state index in [-0.39, 0.29) is 6.54 Å². The van der Waals surface area contributed by atoms with Crippen LogP contribution in [0, 0.1) is 0 Å². The van der Waals surface area contributed by atoms with Gasteiger partial charge in [0.25, 0.3) is 0 Å². The van der Waals surface area contributed by atoms with E-state index in [1.54, 1.807) is 15.5 Å². The zero-order chi connectivity index (χ0) is 13.8. The molecule has 0 atom stereocenters. The standard InChI is InChI=1S/C12H16N4O2S/c1-2-3-4-15(7-10(13)18)11-9(8-17)16-5-6-19-12(16)14-11/h5-6,8H,2-4,7H2,1H3,(H2,13,18). The summed E-state index contributed by atoms with van der Waals surface area (Å²) in [6, 6.07) is 0. The second-order valence-corrected chi connectivity index (χ2v) is 5.11. The minimum atomic E-state index is -0.427. The van der Waals surface area contributed by atoms with Crippen molar-refractivity contribution in [3.8, 4) is 0 Å². The number of unbranched alkanes of at least 4 members (excludes halogenated alkanes) is 1. The Labute approximate surface area is 114 Å². The third-order valence-electron chi connectivity index (χ3n) is 2.82. The van der Waals surface area contributed by atoms with Gasteiger partial charge in [-0.05, 0) is 6.42 Å². The van der Waals surface area contributed by atoms with Crippen LogP contribution in [-0.4, -0.2) is 34.7 Å². The molecule has 0 fully saturated rings. The predicted molar refractivity (Wildman–Crippen MR) is 74.8 cm³/mol. The highest BCUT2D eigenvalue weighted by molar-refractivity contribution is 7.15. The van der Waals surface area contributed by atoms with Crippen LogP contribution in [0.25, 0.3) is 4.96 Å². The first kappa shape index (κ1) is 13.5.